The molecule has 1 fully saturated rings. The average molecular weight is 348 g/mol. The summed E-state index contributed by atoms with van der Waals surface area (Å²) in [7, 11) is 6.21. The van der Waals surface area contributed by atoms with Crippen molar-refractivity contribution < 1.29 is 9.13 Å². The number of anilines is 1. The van der Waals surface area contributed by atoms with E-state index in [4.69, 9.17) is 17.5 Å². The van der Waals surface area contributed by atoms with Gasteiger partial charge in [-0.1, -0.05) is 0 Å². The van der Waals surface area contributed by atoms with E-state index in [1.807, 2.05) is 36.4 Å². The molecule has 4 nitrogen and oxygen atoms in total. The molecule has 1 aliphatic heterocycles. The zero-order chi connectivity index (χ0) is 18.4. The Morgan fingerprint density at radius 1 is 1.23 bits per heavy atom. The Kier molecular flexibility index (Phi) is 5.90. The molecule has 0 spiro atoms. The number of nitrogens with one attached hydrogen (secondary N) is 1. The van der Waals surface area contributed by atoms with Gasteiger partial charge in [-0.2, -0.15) is 0 Å². The maximum absolute atomic E-state index is 12.6. The number of nitrogens with zero attached hydrogens (tertiary/aromatic N) is 2. The van der Waals surface area contributed by atoms with Gasteiger partial charge in [0.2, 0.25) is 0 Å². The summed E-state index contributed by atoms with van der Waals surface area (Å²) in [6.45, 7) is 0.777. The zero-order valence-corrected chi connectivity index (χ0v) is 14.5. The predicted molar refractivity (Wildman–Crippen MR) is 102 cm³/mol. The Morgan fingerprint density at radius 3 is 2.73 bits per heavy atom. The van der Waals surface area contributed by atoms with Crippen molar-refractivity contribution in [3.8, 4) is 11.8 Å². The molecule has 2 aromatic rings. The zero-order valence-electron chi connectivity index (χ0n) is 14.5. The minimum absolute atomic E-state index is 0.323. The number of benzene rings is 2. The van der Waals surface area contributed by atoms with Gasteiger partial charge < -0.3 is 0 Å². The number of hydrogen-bond donors (Lipinski definition) is 1. The van der Waals surface area contributed by atoms with Crippen molar-refractivity contribution in [2.45, 2.75) is 18.8 Å². The first-order valence-electron chi connectivity index (χ1n) is 8.63. The van der Waals surface area contributed by atoms with Crippen LogP contribution in [-0.2, 0) is 0 Å². The number of nitriles is 1. The molecule has 1 saturated heterocycles. The molecule has 0 bridgehead atoms. The van der Waals surface area contributed by atoms with Crippen molar-refractivity contribution in [3.05, 3.63) is 59.7 Å². The number of ether oxygens (including phenoxy) is 1. The number of piperidine rings is 1. The van der Waals surface area contributed by atoms with E-state index in [1.54, 1.807) is 12.1 Å². The summed E-state index contributed by atoms with van der Waals surface area (Å²) in [5, 5.41) is 12.2. The van der Waals surface area contributed by atoms with Crippen LogP contribution in [0.25, 0.3) is 0 Å². The van der Waals surface area contributed by atoms with E-state index in [9.17, 15) is 4.39 Å². The standard InChI is InChI=1S/C20H20BFN3O/c21-20(24-17-5-3-4-15(12-17)13-23)25-10-8-16(9-11-25)18-6-1-2-7-19(18)26-14-22/h1-7,12,16,24H,8-11,14H2. The van der Waals surface area contributed by atoms with Crippen LogP contribution >= 0.6 is 0 Å². The number of para-hydroxylation sites is 1. The average Bonchev–Trinajstić information content (AvgIpc) is 2.69. The van der Waals surface area contributed by atoms with Gasteiger partial charge in [-0.25, -0.2) is 0 Å². The van der Waals surface area contributed by atoms with Crippen LogP contribution in [0, 0.1) is 11.3 Å². The van der Waals surface area contributed by atoms with Crippen LogP contribution < -0.4 is 10.1 Å². The molecule has 0 atom stereocenters. The fourth-order valence-electron chi connectivity index (χ4n) is 3.33. The summed E-state index contributed by atoms with van der Waals surface area (Å²) in [5.41, 5.74) is 3.02. The Morgan fingerprint density at radius 2 is 2.00 bits per heavy atom. The van der Waals surface area contributed by atoms with Gasteiger partial charge >= 0.3 is 154 Å². The Labute approximate surface area is 154 Å². The van der Waals surface area contributed by atoms with E-state index in [1.165, 1.54) is 0 Å². The quantitative estimate of drug-likeness (QED) is 0.813. The molecule has 26 heavy (non-hydrogen) atoms. The molecule has 0 amide bonds. The first-order chi connectivity index (χ1) is 12.7. The van der Waals surface area contributed by atoms with Gasteiger partial charge in [-0.3, -0.25) is 0 Å². The third kappa shape index (κ3) is 4.23. The van der Waals surface area contributed by atoms with Crippen LogP contribution in [0.4, 0.5) is 10.1 Å². The Bertz CT molecular complexity index is 813. The second-order valence-electron chi connectivity index (χ2n) is 6.26. The summed E-state index contributed by atoms with van der Waals surface area (Å²) in [6, 6.07) is 17.0. The molecular formula is C20H20BFN3O. The molecule has 1 heterocycles. The van der Waals surface area contributed by atoms with E-state index in [0.29, 0.717) is 22.9 Å². The number of rotatable bonds is 6. The van der Waals surface area contributed by atoms with E-state index in [-0.39, 0.29) is 0 Å². The maximum atomic E-state index is 12.6. The summed E-state index contributed by atoms with van der Waals surface area (Å²) >= 11 is 0. The van der Waals surface area contributed by atoms with Crippen LogP contribution in [0.5, 0.6) is 5.75 Å². The minimum atomic E-state index is -0.817. The fraction of sp³-hybridized carbons (Fsp3) is 0.300. The number of likely N-dealkylation sites (tertiary alicyclic amines) is 1. The molecule has 0 unspecified atom stereocenters. The summed E-state index contributed by atoms with van der Waals surface area (Å²) in [6.07, 6.45) is 1.82. The molecule has 2 aromatic carbocycles. The number of halogens is 1. The van der Waals surface area contributed by atoms with Gasteiger partial charge in [0.05, 0.1) is 0 Å². The first kappa shape index (κ1) is 18.0. The van der Waals surface area contributed by atoms with Crippen molar-refractivity contribution in [1.29, 1.82) is 5.26 Å². The van der Waals surface area contributed by atoms with Gasteiger partial charge in [-0.15, -0.1) is 0 Å². The Balaban J connectivity index is 1.60. The fourth-order valence-corrected chi connectivity index (χ4v) is 3.33. The van der Waals surface area contributed by atoms with Crippen molar-refractivity contribution in [1.82, 2.24) is 4.90 Å². The summed E-state index contributed by atoms with van der Waals surface area (Å²) in [4.78, 5) is 2.09. The summed E-state index contributed by atoms with van der Waals surface area (Å²) < 4.78 is 17.7. The molecule has 0 aliphatic carbocycles. The molecular weight excluding hydrogens is 328 g/mol. The molecule has 1 radical (unpaired) electrons. The van der Waals surface area contributed by atoms with Crippen LogP contribution in [0.15, 0.2) is 48.5 Å². The monoisotopic (exact) mass is 348 g/mol. The van der Waals surface area contributed by atoms with Crippen LogP contribution in [-0.4, -0.2) is 38.0 Å². The number of alkyl halides is 1. The van der Waals surface area contributed by atoms with Gasteiger partial charge in [0, 0.05) is 0 Å². The van der Waals surface area contributed by atoms with Crippen LogP contribution in [0.3, 0.4) is 0 Å². The van der Waals surface area contributed by atoms with Crippen molar-refractivity contribution in [3.63, 3.8) is 0 Å². The van der Waals surface area contributed by atoms with Crippen molar-refractivity contribution in [2.24, 2.45) is 0 Å². The molecule has 0 aromatic heterocycles. The second kappa shape index (κ2) is 8.53. The topological polar surface area (TPSA) is 48.3 Å². The molecule has 0 saturated carbocycles. The molecule has 1 aliphatic rings. The van der Waals surface area contributed by atoms with Crippen molar-refractivity contribution in [2.75, 3.05) is 25.3 Å². The van der Waals surface area contributed by atoms with E-state index >= 15 is 0 Å². The predicted octanol–water partition coefficient (Wildman–Crippen LogP) is 3.41. The van der Waals surface area contributed by atoms with E-state index in [0.717, 1.165) is 37.2 Å². The molecule has 6 heteroatoms. The first-order valence-corrected chi connectivity index (χ1v) is 8.63. The molecule has 131 valence electrons. The third-order valence-corrected chi connectivity index (χ3v) is 4.67. The van der Waals surface area contributed by atoms with E-state index < -0.39 is 6.86 Å². The van der Waals surface area contributed by atoms with E-state index in [2.05, 4.69) is 16.3 Å². The normalized spacial score (nSPS) is 14.5. The second-order valence-corrected chi connectivity index (χ2v) is 6.26. The van der Waals surface area contributed by atoms with Gasteiger partial charge in [0.25, 0.3) is 0 Å². The number of hydrogen-bond acceptors (Lipinski definition) is 4. The Hall–Kier alpha value is -2.81. The molecule has 3 rings (SSSR count). The van der Waals surface area contributed by atoms with Crippen molar-refractivity contribution >= 4 is 18.9 Å². The van der Waals surface area contributed by atoms with Crippen LogP contribution in [0.2, 0.25) is 0 Å². The van der Waals surface area contributed by atoms with Gasteiger partial charge in [0.15, 0.2) is 0 Å². The van der Waals surface area contributed by atoms with Gasteiger partial charge in [-0.05, 0) is 0 Å². The van der Waals surface area contributed by atoms with Crippen LogP contribution in [0.1, 0.15) is 29.9 Å². The SMILES string of the molecule is [B]=C(Nc1cccc(C#N)c1)N1CCC(c2ccccc2OCF)CC1. The summed E-state index contributed by atoms with van der Waals surface area (Å²) in [5.74, 6) is 0.945. The third-order valence-electron chi connectivity index (χ3n) is 4.67. The van der Waals surface area contributed by atoms with Gasteiger partial charge in [0.1, 0.15) is 0 Å². The molecule has 1 N–H and O–H groups in total.